The summed E-state index contributed by atoms with van der Waals surface area (Å²) in [5, 5.41) is 7.17. The van der Waals surface area contributed by atoms with Crippen LogP contribution in [0.15, 0.2) is 5.38 Å². The highest BCUT2D eigenvalue weighted by Gasteiger charge is 2.43. The molecule has 15 heavy (non-hydrogen) atoms. The van der Waals surface area contributed by atoms with Crippen LogP contribution in [0.5, 0.6) is 0 Å². The lowest BCUT2D eigenvalue weighted by Crippen LogP contribution is -2.27. The number of nitrogens with one attached hydrogen (secondary N) is 1. The van der Waals surface area contributed by atoms with Crippen molar-refractivity contribution < 1.29 is 0 Å². The Morgan fingerprint density at radius 1 is 1.53 bits per heavy atom. The molecule has 82 valence electrons. The number of nitrogens with zero attached hydrogens (tertiary/aromatic N) is 1. The van der Waals surface area contributed by atoms with Crippen LogP contribution < -0.4 is 5.32 Å². The summed E-state index contributed by atoms with van der Waals surface area (Å²) in [7, 11) is 0. The normalized spacial score (nSPS) is 23.0. The van der Waals surface area contributed by atoms with Crippen molar-refractivity contribution in [2.45, 2.75) is 45.1 Å². The fourth-order valence-electron chi connectivity index (χ4n) is 2.05. The fourth-order valence-corrected chi connectivity index (χ4v) is 2.99. The van der Waals surface area contributed by atoms with Gasteiger partial charge in [0.05, 0.1) is 5.01 Å². The molecule has 0 radical (unpaired) electrons. The minimum absolute atomic E-state index is 0.576. The van der Waals surface area contributed by atoms with Gasteiger partial charge in [-0.25, -0.2) is 4.98 Å². The standard InChI is InChI=1S/C12H18N2S/c1-9-7-15-11(14-9)6-12(4-5-12)8-13-10-2-3-10/h7,10,13H,2-6,8H2,1H3. The second-order valence-corrected chi connectivity index (χ2v) is 6.16. The summed E-state index contributed by atoms with van der Waals surface area (Å²) in [5.41, 5.74) is 1.76. The van der Waals surface area contributed by atoms with Gasteiger partial charge < -0.3 is 5.32 Å². The molecule has 0 spiro atoms. The first-order valence-electron chi connectivity index (χ1n) is 5.90. The molecule has 0 aromatic carbocycles. The first-order valence-corrected chi connectivity index (χ1v) is 6.78. The van der Waals surface area contributed by atoms with Crippen molar-refractivity contribution in [2.24, 2.45) is 5.41 Å². The van der Waals surface area contributed by atoms with Gasteiger partial charge in [-0.1, -0.05) is 0 Å². The molecule has 0 unspecified atom stereocenters. The van der Waals surface area contributed by atoms with Gasteiger partial charge >= 0.3 is 0 Å². The van der Waals surface area contributed by atoms with Crippen LogP contribution in [0.4, 0.5) is 0 Å². The van der Waals surface area contributed by atoms with Gasteiger partial charge in [0.15, 0.2) is 0 Å². The van der Waals surface area contributed by atoms with Crippen molar-refractivity contribution in [3.8, 4) is 0 Å². The van der Waals surface area contributed by atoms with Crippen LogP contribution in [-0.2, 0) is 6.42 Å². The molecule has 0 amide bonds. The Kier molecular flexibility index (Phi) is 2.33. The average molecular weight is 222 g/mol. The lowest BCUT2D eigenvalue weighted by atomic mass is 10.0. The third kappa shape index (κ3) is 2.40. The Bertz CT molecular complexity index is 350. The first kappa shape index (κ1) is 9.79. The summed E-state index contributed by atoms with van der Waals surface area (Å²) in [6.45, 7) is 3.30. The van der Waals surface area contributed by atoms with Crippen LogP contribution >= 0.6 is 11.3 Å². The summed E-state index contributed by atoms with van der Waals surface area (Å²) in [4.78, 5) is 4.57. The molecule has 0 saturated heterocycles. The second kappa shape index (κ2) is 3.56. The number of aryl methyl sites for hydroxylation is 1. The van der Waals surface area contributed by atoms with E-state index in [9.17, 15) is 0 Å². The number of aromatic nitrogens is 1. The van der Waals surface area contributed by atoms with Crippen molar-refractivity contribution in [1.82, 2.24) is 10.3 Å². The molecule has 2 nitrogen and oxygen atoms in total. The highest BCUT2D eigenvalue weighted by Crippen LogP contribution is 2.48. The van der Waals surface area contributed by atoms with Gasteiger partial charge in [0.1, 0.15) is 0 Å². The third-order valence-electron chi connectivity index (χ3n) is 3.49. The SMILES string of the molecule is Cc1csc(CC2(CNC3CC3)CC2)n1. The molecule has 3 rings (SSSR count). The van der Waals surface area contributed by atoms with Crippen LogP contribution in [0.1, 0.15) is 36.4 Å². The molecule has 0 aliphatic heterocycles. The number of hydrogen-bond donors (Lipinski definition) is 1. The quantitative estimate of drug-likeness (QED) is 0.828. The van der Waals surface area contributed by atoms with E-state index < -0.39 is 0 Å². The molecule has 3 heteroatoms. The zero-order valence-electron chi connectivity index (χ0n) is 9.25. The van der Waals surface area contributed by atoms with E-state index >= 15 is 0 Å². The van der Waals surface area contributed by atoms with Crippen LogP contribution in [0.3, 0.4) is 0 Å². The molecule has 2 saturated carbocycles. The largest absolute Gasteiger partial charge is 0.313 e. The highest BCUT2D eigenvalue weighted by atomic mass is 32.1. The van der Waals surface area contributed by atoms with E-state index in [1.807, 2.05) is 11.3 Å². The lowest BCUT2D eigenvalue weighted by Gasteiger charge is -2.13. The van der Waals surface area contributed by atoms with E-state index in [0.29, 0.717) is 5.41 Å². The predicted octanol–water partition coefficient (Wildman–Crippen LogP) is 2.53. The summed E-state index contributed by atoms with van der Waals surface area (Å²) >= 11 is 1.83. The van der Waals surface area contributed by atoms with Crippen molar-refractivity contribution in [1.29, 1.82) is 0 Å². The maximum absolute atomic E-state index is 4.57. The minimum Gasteiger partial charge on any atom is -0.313 e. The molecule has 1 heterocycles. The van der Waals surface area contributed by atoms with Crippen LogP contribution in [0.25, 0.3) is 0 Å². The Labute approximate surface area is 95.1 Å². The van der Waals surface area contributed by atoms with E-state index in [4.69, 9.17) is 0 Å². The first-order chi connectivity index (χ1) is 7.26. The summed E-state index contributed by atoms with van der Waals surface area (Å²) in [5.74, 6) is 0. The molecule has 1 aromatic rings. The molecule has 1 N–H and O–H groups in total. The van der Waals surface area contributed by atoms with Gasteiger partial charge in [-0.2, -0.15) is 0 Å². The van der Waals surface area contributed by atoms with Gasteiger partial charge in [0, 0.05) is 30.1 Å². The van der Waals surface area contributed by atoms with Crippen molar-refractivity contribution in [3.63, 3.8) is 0 Å². The number of thiazole rings is 1. The van der Waals surface area contributed by atoms with Crippen LogP contribution in [0.2, 0.25) is 0 Å². The summed E-state index contributed by atoms with van der Waals surface area (Å²) in [6, 6.07) is 0.848. The van der Waals surface area contributed by atoms with E-state index in [0.717, 1.165) is 6.04 Å². The number of rotatable bonds is 5. The molecule has 2 aliphatic rings. The third-order valence-corrected chi connectivity index (χ3v) is 4.46. The summed E-state index contributed by atoms with van der Waals surface area (Å²) < 4.78 is 0. The smallest absolute Gasteiger partial charge is 0.0934 e. The monoisotopic (exact) mass is 222 g/mol. The molecule has 1 aromatic heterocycles. The van der Waals surface area contributed by atoms with E-state index in [1.54, 1.807) is 0 Å². The van der Waals surface area contributed by atoms with Gasteiger partial charge in [0.2, 0.25) is 0 Å². The Hall–Kier alpha value is -0.410. The fraction of sp³-hybridized carbons (Fsp3) is 0.750. The van der Waals surface area contributed by atoms with Crippen LogP contribution in [0, 0.1) is 12.3 Å². The zero-order chi connectivity index (χ0) is 10.3. The molecule has 2 fully saturated rings. The Morgan fingerprint density at radius 2 is 2.33 bits per heavy atom. The molecular weight excluding hydrogens is 204 g/mol. The summed E-state index contributed by atoms with van der Waals surface area (Å²) in [6.07, 6.45) is 6.78. The van der Waals surface area contributed by atoms with Crippen molar-refractivity contribution in [3.05, 3.63) is 16.1 Å². The topological polar surface area (TPSA) is 24.9 Å². The molecule has 2 aliphatic carbocycles. The maximum Gasteiger partial charge on any atom is 0.0934 e. The molecule has 0 bridgehead atoms. The number of hydrogen-bond acceptors (Lipinski definition) is 3. The zero-order valence-corrected chi connectivity index (χ0v) is 10.1. The van der Waals surface area contributed by atoms with Gasteiger partial charge in [-0.3, -0.25) is 0 Å². The second-order valence-electron chi connectivity index (χ2n) is 5.21. The highest BCUT2D eigenvalue weighted by molar-refractivity contribution is 7.09. The average Bonchev–Trinajstić information content (AvgIpc) is 3.08. The van der Waals surface area contributed by atoms with Crippen molar-refractivity contribution in [2.75, 3.05) is 6.54 Å². The van der Waals surface area contributed by atoms with Gasteiger partial charge in [-0.05, 0) is 38.0 Å². The maximum atomic E-state index is 4.57. The minimum atomic E-state index is 0.576. The predicted molar refractivity (Wildman–Crippen MR) is 63.2 cm³/mol. The van der Waals surface area contributed by atoms with E-state index in [1.165, 1.54) is 49.4 Å². The molecular formula is C12H18N2S. The van der Waals surface area contributed by atoms with Crippen molar-refractivity contribution >= 4 is 11.3 Å². The Balaban J connectivity index is 1.56. The molecule has 0 atom stereocenters. The van der Waals surface area contributed by atoms with Gasteiger partial charge in [0.25, 0.3) is 0 Å². The Morgan fingerprint density at radius 3 is 2.87 bits per heavy atom. The van der Waals surface area contributed by atoms with Gasteiger partial charge in [-0.15, -0.1) is 11.3 Å². The van der Waals surface area contributed by atoms with E-state index in [-0.39, 0.29) is 0 Å². The van der Waals surface area contributed by atoms with Crippen LogP contribution in [-0.4, -0.2) is 17.6 Å². The lowest BCUT2D eigenvalue weighted by molar-refractivity contribution is 0.452. The van der Waals surface area contributed by atoms with E-state index in [2.05, 4.69) is 22.6 Å².